The Morgan fingerprint density at radius 2 is 2.54 bits per heavy atom. The van der Waals surface area contributed by atoms with Gasteiger partial charge in [-0.2, -0.15) is 5.10 Å². The number of benzene rings is 1. The first-order valence-corrected chi connectivity index (χ1v) is 4.36. The first kappa shape index (κ1) is 5.54. The number of halogens is 1. The highest BCUT2D eigenvalue weighted by Crippen LogP contribution is 2.23. The van der Waals surface area contributed by atoms with Crippen LogP contribution >= 0.6 is 15.9 Å². The van der Waals surface area contributed by atoms with E-state index < -0.39 is 6.98 Å². The first-order valence-electron chi connectivity index (χ1n) is 5.07. The highest BCUT2D eigenvalue weighted by molar-refractivity contribution is 9.10. The summed E-state index contributed by atoms with van der Waals surface area (Å²) in [6, 6.07) is 3.33. The lowest BCUT2D eigenvalue weighted by molar-refractivity contribution is 0.112. The Kier molecular flexibility index (Phi) is 1.26. The number of hydrogen-bond donors (Lipinski definition) is 0. The van der Waals surface area contributed by atoms with E-state index in [0.717, 1.165) is 4.68 Å². The fraction of sp³-hybridized carbons (Fsp3) is 0.111. The van der Waals surface area contributed by atoms with Crippen molar-refractivity contribution in [3.8, 4) is 0 Å². The molecule has 0 saturated carbocycles. The standard InChI is InChI=1S/C9H7BrN2O/c1-12-4-6-7(5-13)8(10)2-3-9(6)11-12/h2-5H,1H3/i1D3. The van der Waals surface area contributed by atoms with Crippen LogP contribution in [0.5, 0.6) is 0 Å². The van der Waals surface area contributed by atoms with Crippen LogP contribution in [-0.2, 0) is 6.98 Å². The number of rotatable bonds is 1. The van der Waals surface area contributed by atoms with E-state index in [1.807, 2.05) is 0 Å². The van der Waals surface area contributed by atoms with Crippen LogP contribution in [0.3, 0.4) is 0 Å². The molecule has 0 saturated heterocycles. The molecule has 4 heteroatoms. The Balaban J connectivity index is 2.76. The smallest absolute Gasteiger partial charge is 0.151 e. The maximum absolute atomic E-state index is 10.9. The zero-order valence-corrected chi connectivity index (χ0v) is 8.08. The summed E-state index contributed by atoms with van der Waals surface area (Å²) < 4.78 is 23.2. The molecule has 0 radical (unpaired) electrons. The molecule has 1 aromatic heterocycles. The van der Waals surface area contributed by atoms with Crippen LogP contribution in [0, 0.1) is 0 Å². The minimum atomic E-state index is -2.33. The average molecular weight is 242 g/mol. The zero-order valence-electron chi connectivity index (χ0n) is 9.49. The molecule has 0 aliphatic carbocycles. The van der Waals surface area contributed by atoms with Crippen molar-refractivity contribution >= 4 is 33.1 Å². The van der Waals surface area contributed by atoms with Gasteiger partial charge in [-0.25, -0.2) is 0 Å². The largest absolute Gasteiger partial charge is 0.298 e. The van der Waals surface area contributed by atoms with Crippen LogP contribution < -0.4 is 0 Å². The molecular formula is C9H7BrN2O. The lowest BCUT2D eigenvalue weighted by Gasteiger charge is -1.95. The number of aldehydes is 1. The number of nitrogens with zero attached hydrogens (tertiary/aromatic N) is 2. The van der Waals surface area contributed by atoms with Crippen LogP contribution in [-0.4, -0.2) is 16.1 Å². The SMILES string of the molecule is [2H]C([2H])([2H])n1cc2c(C=O)c(Br)ccc2n1. The summed E-state index contributed by atoms with van der Waals surface area (Å²) in [4.78, 5) is 10.9. The molecule has 0 spiro atoms. The Labute approximate surface area is 87.7 Å². The van der Waals surface area contributed by atoms with Gasteiger partial charge in [0.1, 0.15) is 0 Å². The van der Waals surface area contributed by atoms with Crippen molar-refractivity contribution in [2.75, 3.05) is 0 Å². The molecule has 0 atom stereocenters. The van der Waals surface area contributed by atoms with Crippen LogP contribution in [0.25, 0.3) is 10.9 Å². The van der Waals surface area contributed by atoms with E-state index in [4.69, 9.17) is 4.11 Å². The third kappa shape index (κ3) is 1.27. The van der Waals surface area contributed by atoms with Gasteiger partial charge >= 0.3 is 0 Å². The van der Waals surface area contributed by atoms with Crippen molar-refractivity contribution < 1.29 is 8.91 Å². The average Bonchev–Trinajstić information content (AvgIpc) is 2.60. The second kappa shape index (κ2) is 2.96. The van der Waals surface area contributed by atoms with Gasteiger partial charge in [-0.1, -0.05) is 15.9 Å². The molecule has 3 nitrogen and oxygen atoms in total. The molecule has 0 aliphatic heterocycles. The van der Waals surface area contributed by atoms with Gasteiger partial charge in [-0.15, -0.1) is 0 Å². The highest BCUT2D eigenvalue weighted by atomic mass is 79.9. The predicted octanol–water partition coefficient (Wildman–Crippen LogP) is 2.15. The second-order valence-electron chi connectivity index (χ2n) is 2.59. The Hall–Kier alpha value is -1.16. The van der Waals surface area contributed by atoms with Crippen molar-refractivity contribution in [1.82, 2.24) is 9.78 Å². The third-order valence-corrected chi connectivity index (χ3v) is 2.49. The van der Waals surface area contributed by atoms with E-state index >= 15 is 0 Å². The molecular weight excluding hydrogens is 232 g/mol. The van der Waals surface area contributed by atoms with Crippen molar-refractivity contribution in [1.29, 1.82) is 0 Å². The molecule has 2 aromatic rings. The minimum absolute atomic E-state index is 0.410. The number of aryl methyl sites for hydroxylation is 1. The van der Waals surface area contributed by atoms with Crippen molar-refractivity contribution in [3.63, 3.8) is 0 Å². The Bertz CT molecular complexity index is 562. The van der Waals surface area contributed by atoms with Crippen LogP contribution in [0.4, 0.5) is 0 Å². The van der Waals surface area contributed by atoms with Crippen LogP contribution in [0.2, 0.25) is 0 Å². The van der Waals surface area contributed by atoms with Gasteiger partial charge < -0.3 is 0 Å². The number of carbonyl (C=O) groups is 1. The lowest BCUT2D eigenvalue weighted by Crippen LogP contribution is -1.84. The van der Waals surface area contributed by atoms with Crippen LogP contribution in [0.1, 0.15) is 14.5 Å². The molecule has 1 aromatic carbocycles. The third-order valence-electron chi connectivity index (χ3n) is 1.80. The number of carbonyl (C=O) groups excluding carboxylic acids is 1. The van der Waals surface area contributed by atoms with Gasteiger partial charge in [0.15, 0.2) is 6.29 Å². The number of hydrogen-bond acceptors (Lipinski definition) is 2. The number of fused-ring (bicyclic) bond motifs is 1. The molecule has 0 N–H and O–H groups in total. The summed E-state index contributed by atoms with van der Waals surface area (Å²) in [6.45, 7) is -2.33. The summed E-state index contributed by atoms with van der Waals surface area (Å²) in [5.41, 5.74) is 0.898. The second-order valence-corrected chi connectivity index (χ2v) is 3.44. The maximum atomic E-state index is 10.9. The van der Waals surface area contributed by atoms with Crippen molar-refractivity contribution in [3.05, 3.63) is 28.4 Å². The van der Waals surface area contributed by atoms with Gasteiger partial charge in [0.2, 0.25) is 0 Å². The summed E-state index contributed by atoms with van der Waals surface area (Å²) in [7, 11) is 0. The van der Waals surface area contributed by atoms with Crippen molar-refractivity contribution in [2.45, 2.75) is 0 Å². The van der Waals surface area contributed by atoms with Gasteiger partial charge in [-0.05, 0) is 12.1 Å². The fourth-order valence-corrected chi connectivity index (χ4v) is 1.65. The summed E-state index contributed by atoms with van der Waals surface area (Å²) in [5.74, 6) is 0. The highest BCUT2D eigenvalue weighted by Gasteiger charge is 2.06. The molecule has 0 fully saturated rings. The molecule has 1 heterocycles. The van der Waals surface area contributed by atoms with Gasteiger partial charge in [0.05, 0.1) is 5.52 Å². The summed E-state index contributed by atoms with van der Waals surface area (Å²) in [5, 5.41) is 4.44. The summed E-state index contributed by atoms with van der Waals surface area (Å²) in [6.07, 6.45) is 2.04. The van der Waals surface area contributed by atoms with E-state index in [-0.39, 0.29) is 0 Å². The van der Waals surface area contributed by atoms with Gasteiger partial charge in [0, 0.05) is 32.7 Å². The quantitative estimate of drug-likeness (QED) is 0.718. The van der Waals surface area contributed by atoms with E-state index in [2.05, 4.69) is 21.0 Å². The monoisotopic (exact) mass is 241 g/mol. The van der Waals surface area contributed by atoms with E-state index in [9.17, 15) is 4.79 Å². The topological polar surface area (TPSA) is 34.9 Å². The summed E-state index contributed by atoms with van der Waals surface area (Å²) >= 11 is 3.23. The number of aromatic nitrogens is 2. The molecule has 0 amide bonds. The Morgan fingerprint density at radius 1 is 1.69 bits per heavy atom. The molecule has 0 bridgehead atoms. The Morgan fingerprint density at radius 3 is 3.23 bits per heavy atom. The maximum Gasteiger partial charge on any atom is 0.151 e. The van der Waals surface area contributed by atoms with Gasteiger partial charge in [0.25, 0.3) is 0 Å². The first-order chi connectivity index (χ1) is 7.43. The van der Waals surface area contributed by atoms with E-state index in [0.29, 0.717) is 27.2 Å². The fourth-order valence-electron chi connectivity index (χ4n) is 1.21. The predicted molar refractivity (Wildman–Crippen MR) is 53.8 cm³/mol. The van der Waals surface area contributed by atoms with Crippen LogP contribution in [0.15, 0.2) is 22.8 Å². The lowest BCUT2D eigenvalue weighted by atomic mass is 10.1. The molecule has 2 rings (SSSR count). The van der Waals surface area contributed by atoms with E-state index in [1.165, 1.54) is 6.20 Å². The van der Waals surface area contributed by atoms with Gasteiger partial charge in [-0.3, -0.25) is 9.48 Å². The minimum Gasteiger partial charge on any atom is -0.298 e. The molecule has 0 unspecified atom stereocenters. The normalized spacial score (nSPS) is 15.0. The molecule has 13 heavy (non-hydrogen) atoms. The zero-order chi connectivity index (χ0) is 11.9. The van der Waals surface area contributed by atoms with E-state index in [1.54, 1.807) is 12.1 Å². The molecule has 0 aliphatic rings. The molecule has 66 valence electrons. The van der Waals surface area contributed by atoms with Crippen molar-refractivity contribution in [2.24, 2.45) is 6.98 Å².